The molecule has 2 aromatic rings. The van der Waals surface area contributed by atoms with Crippen LogP contribution >= 0.6 is 0 Å². The molecule has 0 unspecified atom stereocenters. The molecule has 0 aliphatic heterocycles. The Morgan fingerprint density at radius 3 is 2.00 bits per heavy atom. The number of rotatable bonds is 8. The molecule has 0 bridgehead atoms. The van der Waals surface area contributed by atoms with E-state index in [1.54, 1.807) is 19.0 Å². The Labute approximate surface area is 162 Å². The van der Waals surface area contributed by atoms with Crippen molar-refractivity contribution < 1.29 is 4.79 Å². The summed E-state index contributed by atoms with van der Waals surface area (Å²) in [4.78, 5) is 17.7. The topological polar surface area (TPSA) is 56.7 Å². The fraction of sp³-hybridized carbons (Fsp3) is 0.364. The molecule has 5 heteroatoms. The first-order valence-corrected chi connectivity index (χ1v) is 9.44. The number of likely N-dealkylation sites (N-methyl/N-ethyl adjacent to an activating group) is 1. The maximum atomic E-state index is 11.8. The molecule has 144 valence electrons. The second kappa shape index (κ2) is 11.0. The first-order chi connectivity index (χ1) is 13.1. The normalized spacial score (nSPS) is 11.3. The Morgan fingerprint density at radius 2 is 1.52 bits per heavy atom. The van der Waals surface area contributed by atoms with Gasteiger partial charge in [-0.2, -0.15) is 0 Å². The number of amides is 1. The van der Waals surface area contributed by atoms with Gasteiger partial charge in [-0.3, -0.25) is 4.79 Å². The Balaban J connectivity index is 2.03. The SMILES string of the molecule is CCNC(=NCC(=O)N(C)C)NCCC(c1ccccc1)c1ccccc1. The molecule has 0 aromatic heterocycles. The molecule has 5 nitrogen and oxygen atoms in total. The van der Waals surface area contributed by atoms with Crippen LogP contribution in [0.15, 0.2) is 65.7 Å². The van der Waals surface area contributed by atoms with Crippen LogP contribution in [0.2, 0.25) is 0 Å². The highest BCUT2D eigenvalue weighted by molar-refractivity contribution is 5.84. The molecule has 0 radical (unpaired) electrons. The summed E-state index contributed by atoms with van der Waals surface area (Å²) in [7, 11) is 3.48. The van der Waals surface area contributed by atoms with Crippen LogP contribution in [0.5, 0.6) is 0 Å². The van der Waals surface area contributed by atoms with E-state index in [4.69, 9.17) is 0 Å². The number of hydrogen-bond donors (Lipinski definition) is 2. The van der Waals surface area contributed by atoms with Crippen LogP contribution in [0.3, 0.4) is 0 Å². The van der Waals surface area contributed by atoms with Gasteiger partial charge in [-0.15, -0.1) is 0 Å². The van der Waals surface area contributed by atoms with Gasteiger partial charge < -0.3 is 15.5 Å². The third kappa shape index (κ3) is 6.77. The number of carbonyl (C=O) groups excluding carboxylic acids is 1. The molecular weight excluding hydrogens is 336 g/mol. The third-order valence-electron chi connectivity index (χ3n) is 4.34. The van der Waals surface area contributed by atoms with Gasteiger partial charge in [0.1, 0.15) is 6.54 Å². The van der Waals surface area contributed by atoms with Gasteiger partial charge in [0, 0.05) is 33.1 Å². The zero-order valence-corrected chi connectivity index (χ0v) is 16.5. The first-order valence-electron chi connectivity index (χ1n) is 9.44. The predicted octanol–water partition coefficient (Wildman–Crippen LogP) is 2.85. The summed E-state index contributed by atoms with van der Waals surface area (Å²) in [5.74, 6) is 0.970. The van der Waals surface area contributed by atoms with Crippen molar-refractivity contribution in [1.29, 1.82) is 0 Å². The van der Waals surface area contributed by atoms with E-state index in [0.717, 1.165) is 19.5 Å². The lowest BCUT2D eigenvalue weighted by atomic mass is 9.88. The molecule has 2 aromatic carbocycles. The highest BCUT2D eigenvalue weighted by atomic mass is 16.2. The standard InChI is InChI=1S/C22H30N4O/c1-4-23-22(25-17-21(27)26(2)3)24-16-15-20(18-11-7-5-8-12-18)19-13-9-6-10-14-19/h5-14,20H,4,15-17H2,1-3H3,(H2,23,24,25). The quantitative estimate of drug-likeness (QED) is 0.558. The van der Waals surface area contributed by atoms with E-state index in [9.17, 15) is 4.79 Å². The van der Waals surface area contributed by atoms with Crippen molar-refractivity contribution >= 4 is 11.9 Å². The summed E-state index contributed by atoms with van der Waals surface area (Å²) in [5.41, 5.74) is 2.60. The van der Waals surface area contributed by atoms with Gasteiger partial charge in [-0.05, 0) is 24.5 Å². The Hall–Kier alpha value is -2.82. The third-order valence-corrected chi connectivity index (χ3v) is 4.34. The number of nitrogens with one attached hydrogen (secondary N) is 2. The molecule has 2 rings (SSSR count). The molecular formula is C22H30N4O. The number of aliphatic imine (C=N–C) groups is 1. The van der Waals surface area contributed by atoms with Crippen molar-refractivity contribution in [1.82, 2.24) is 15.5 Å². The molecule has 0 saturated carbocycles. The smallest absolute Gasteiger partial charge is 0.243 e. The van der Waals surface area contributed by atoms with Gasteiger partial charge >= 0.3 is 0 Å². The molecule has 0 aliphatic rings. The number of hydrogen-bond acceptors (Lipinski definition) is 2. The van der Waals surface area contributed by atoms with Gasteiger partial charge in [0.05, 0.1) is 0 Å². The second-order valence-electron chi connectivity index (χ2n) is 6.57. The molecule has 0 fully saturated rings. The molecule has 0 heterocycles. The molecule has 0 atom stereocenters. The minimum Gasteiger partial charge on any atom is -0.357 e. The van der Waals surface area contributed by atoms with E-state index in [-0.39, 0.29) is 12.5 Å². The number of guanidine groups is 1. The van der Waals surface area contributed by atoms with Gasteiger partial charge in [-0.25, -0.2) is 4.99 Å². The van der Waals surface area contributed by atoms with Crippen LogP contribution in [0.4, 0.5) is 0 Å². The van der Waals surface area contributed by atoms with Crippen molar-refractivity contribution in [3.63, 3.8) is 0 Å². The average molecular weight is 367 g/mol. The largest absolute Gasteiger partial charge is 0.357 e. The van der Waals surface area contributed by atoms with Crippen LogP contribution in [0.1, 0.15) is 30.4 Å². The summed E-state index contributed by atoms with van der Waals surface area (Å²) in [6.07, 6.45) is 0.931. The Morgan fingerprint density at radius 1 is 0.963 bits per heavy atom. The van der Waals surface area contributed by atoms with E-state index in [0.29, 0.717) is 11.9 Å². The van der Waals surface area contributed by atoms with E-state index < -0.39 is 0 Å². The predicted molar refractivity (Wildman–Crippen MR) is 112 cm³/mol. The maximum Gasteiger partial charge on any atom is 0.243 e. The minimum absolute atomic E-state index is 0.0151. The molecule has 27 heavy (non-hydrogen) atoms. The fourth-order valence-corrected chi connectivity index (χ4v) is 2.86. The van der Waals surface area contributed by atoms with Crippen LogP contribution in [-0.4, -0.2) is 50.5 Å². The van der Waals surface area contributed by atoms with Crippen LogP contribution in [0, 0.1) is 0 Å². The fourth-order valence-electron chi connectivity index (χ4n) is 2.86. The van der Waals surface area contributed by atoms with Crippen molar-refractivity contribution in [3.05, 3.63) is 71.8 Å². The molecule has 1 amide bonds. The van der Waals surface area contributed by atoms with Crippen molar-refractivity contribution in [2.45, 2.75) is 19.3 Å². The zero-order chi connectivity index (χ0) is 19.5. The van der Waals surface area contributed by atoms with Crippen molar-refractivity contribution in [3.8, 4) is 0 Å². The lowest BCUT2D eigenvalue weighted by Crippen LogP contribution is -2.39. The van der Waals surface area contributed by atoms with Gasteiger partial charge in [-0.1, -0.05) is 60.7 Å². The highest BCUT2D eigenvalue weighted by Gasteiger charge is 2.14. The summed E-state index contributed by atoms with van der Waals surface area (Å²) < 4.78 is 0. The average Bonchev–Trinajstić information content (AvgIpc) is 2.70. The monoisotopic (exact) mass is 366 g/mol. The molecule has 0 aliphatic carbocycles. The molecule has 2 N–H and O–H groups in total. The zero-order valence-electron chi connectivity index (χ0n) is 16.5. The van der Waals surface area contributed by atoms with Crippen LogP contribution in [0.25, 0.3) is 0 Å². The van der Waals surface area contributed by atoms with Gasteiger partial charge in [0.15, 0.2) is 5.96 Å². The summed E-state index contributed by atoms with van der Waals surface area (Å²) >= 11 is 0. The van der Waals surface area contributed by atoms with E-state index in [1.165, 1.54) is 11.1 Å². The van der Waals surface area contributed by atoms with Crippen LogP contribution in [-0.2, 0) is 4.79 Å². The lowest BCUT2D eigenvalue weighted by Gasteiger charge is -2.19. The number of carbonyl (C=O) groups is 1. The molecule has 0 spiro atoms. The highest BCUT2D eigenvalue weighted by Crippen LogP contribution is 2.27. The number of benzene rings is 2. The van der Waals surface area contributed by atoms with E-state index in [1.807, 2.05) is 19.1 Å². The molecule has 0 saturated heterocycles. The summed E-state index contributed by atoms with van der Waals surface area (Å²) in [6, 6.07) is 21.1. The second-order valence-corrected chi connectivity index (χ2v) is 6.57. The summed E-state index contributed by atoms with van der Waals surface area (Å²) in [5, 5.41) is 6.55. The number of nitrogens with zero attached hydrogens (tertiary/aromatic N) is 2. The Kier molecular flexibility index (Phi) is 8.36. The minimum atomic E-state index is -0.0151. The Bertz CT molecular complexity index is 674. The van der Waals surface area contributed by atoms with Gasteiger partial charge in [0.25, 0.3) is 0 Å². The first kappa shape index (κ1) is 20.5. The van der Waals surface area contributed by atoms with Crippen molar-refractivity contribution in [2.75, 3.05) is 33.7 Å². The van der Waals surface area contributed by atoms with E-state index in [2.05, 4.69) is 64.2 Å². The van der Waals surface area contributed by atoms with Gasteiger partial charge in [0.2, 0.25) is 5.91 Å². The van der Waals surface area contributed by atoms with E-state index >= 15 is 0 Å². The van der Waals surface area contributed by atoms with Crippen molar-refractivity contribution in [2.24, 2.45) is 4.99 Å². The summed E-state index contributed by atoms with van der Waals surface area (Å²) in [6.45, 7) is 3.67. The lowest BCUT2D eigenvalue weighted by molar-refractivity contribution is -0.127. The van der Waals surface area contributed by atoms with Crippen LogP contribution < -0.4 is 10.6 Å². The maximum absolute atomic E-state index is 11.8.